The van der Waals surface area contributed by atoms with E-state index < -0.39 is 23.8 Å². The minimum absolute atomic E-state index is 0.0518. The number of amides is 2. The van der Waals surface area contributed by atoms with Crippen LogP contribution in [0.15, 0.2) is 36.5 Å². The number of aromatic nitrogens is 1. The number of anilines is 1. The molecule has 0 radical (unpaired) electrons. The molecule has 2 rings (SSSR count). The summed E-state index contributed by atoms with van der Waals surface area (Å²) in [5.41, 5.74) is 0.280. The molecule has 0 aliphatic heterocycles. The van der Waals surface area contributed by atoms with E-state index in [0.29, 0.717) is 0 Å². The number of nitrogens with one attached hydrogen (secondary N) is 2. The maximum atomic E-state index is 13.3. The lowest BCUT2D eigenvalue weighted by Gasteiger charge is -2.13. The highest BCUT2D eigenvalue weighted by atomic mass is 35.5. The molecule has 2 amide bonds. The van der Waals surface area contributed by atoms with Gasteiger partial charge in [-0.25, -0.2) is 18.6 Å². The third-order valence-electron chi connectivity index (χ3n) is 2.75. The number of halogens is 3. The van der Waals surface area contributed by atoms with Crippen molar-refractivity contribution in [3.8, 4) is 0 Å². The van der Waals surface area contributed by atoms with Crippen molar-refractivity contribution in [1.29, 1.82) is 0 Å². The lowest BCUT2D eigenvalue weighted by Crippen LogP contribution is -2.32. The molecule has 3 N–H and O–H groups in total. The second-order valence-electron chi connectivity index (χ2n) is 4.39. The second-order valence-corrected chi connectivity index (χ2v) is 4.79. The first-order chi connectivity index (χ1) is 10.5. The van der Waals surface area contributed by atoms with Gasteiger partial charge in [0.2, 0.25) is 0 Å². The Morgan fingerprint density at radius 3 is 2.73 bits per heavy atom. The number of aliphatic hydroxyl groups excluding tert-OH is 1. The zero-order chi connectivity index (χ0) is 16.1. The van der Waals surface area contributed by atoms with Crippen molar-refractivity contribution < 1.29 is 18.7 Å². The zero-order valence-corrected chi connectivity index (χ0v) is 11.9. The van der Waals surface area contributed by atoms with Crippen molar-refractivity contribution in [2.24, 2.45) is 0 Å². The fraction of sp³-hybridized carbons (Fsp3) is 0.143. The van der Waals surface area contributed by atoms with Gasteiger partial charge in [0.05, 0.1) is 17.3 Å². The summed E-state index contributed by atoms with van der Waals surface area (Å²) in [7, 11) is 0. The summed E-state index contributed by atoms with van der Waals surface area (Å²) in [6, 6.07) is 5.67. The zero-order valence-electron chi connectivity index (χ0n) is 11.2. The molecular weight excluding hydrogens is 316 g/mol. The van der Waals surface area contributed by atoms with Crippen LogP contribution in [0.5, 0.6) is 0 Å². The van der Waals surface area contributed by atoms with E-state index in [1.165, 1.54) is 18.2 Å². The Balaban J connectivity index is 1.87. The van der Waals surface area contributed by atoms with Gasteiger partial charge >= 0.3 is 6.03 Å². The summed E-state index contributed by atoms with van der Waals surface area (Å²) >= 11 is 5.54. The highest BCUT2D eigenvalue weighted by molar-refractivity contribution is 6.30. The molecule has 1 aromatic carbocycles. The monoisotopic (exact) mass is 327 g/mol. The predicted octanol–water partition coefficient (Wildman–Crippen LogP) is 2.87. The Bertz CT molecular complexity index is 668. The smallest absolute Gasteiger partial charge is 0.320 e. The van der Waals surface area contributed by atoms with Crippen LogP contribution in [0.1, 0.15) is 11.7 Å². The summed E-state index contributed by atoms with van der Waals surface area (Å²) in [5.74, 6) is -1.02. The molecular formula is C14H12ClF2N3O2. The van der Waals surface area contributed by atoms with Gasteiger partial charge in [-0.05, 0) is 29.8 Å². The third-order valence-corrected chi connectivity index (χ3v) is 3.06. The molecule has 1 heterocycles. The Morgan fingerprint density at radius 1 is 1.32 bits per heavy atom. The Kier molecular flexibility index (Phi) is 5.24. The van der Waals surface area contributed by atoms with E-state index in [9.17, 15) is 18.7 Å². The number of hydrogen-bond acceptors (Lipinski definition) is 3. The van der Waals surface area contributed by atoms with Gasteiger partial charge in [-0.1, -0.05) is 17.7 Å². The molecule has 2 aromatic rings. The van der Waals surface area contributed by atoms with Crippen molar-refractivity contribution in [2.75, 3.05) is 11.9 Å². The number of carbonyl (C=O) groups excluding carboxylic acids is 1. The normalized spacial score (nSPS) is 11.8. The van der Waals surface area contributed by atoms with Crippen LogP contribution in [0.3, 0.4) is 0 Å². The summed E-state index contributed by atoms with van der Waals surface area (Å²) in [6.45, 7) is -0.145. The molecule has 0 aliphatic carbocycles. The first-order valence-electron chi connectivity index (χ1n) is 6.25. The number of rotatable bonds is 4. The Hall–Kier alpha value is -2.25. The van der Waals surface area contributed by atoms with Crippen molar-refractivity contribution in [3.63, 3.8) is 0 Å². The topological polar surface area (TPSA) is 74.2 Å². The number of pyridine rings is 1. The van der Waals surface area contributed by atoms with Gasteiger partial charge in [0.15, 0.2) is 0 Å². The fourth-order valence-electron chi connectivity index (χ4n) is 1.64. The molecule has 1 unspecified atom stereocenters. The predicted molar refractivity (Wildman–Crippen MR) is 77.6 cm³/mol. The van der Waals surface area contributed by atoms with Gasteiger partial charge in [0, 0.05) is 6.54 Å². The number of aliphatic hydroxyl groups is 1. The van der Waals surface area contributed by atoms with Crippen molar-refractivity contribution in [3.05, 3.63) is 58.7 Å². The largest absolute Gasteiger partial charge is 0.387 e. The molecule has 0 saturated carbocycles. The number of nitrogens with zero attached hydrogens (tertiary/aromatic N) is 1. The Labute approximate surface area is 129 Å². The van der Waals surface area contributed by atoms with Gasteiger partial charge in [-0.2, -0.15) is 0 Å². The molecule has 0 aliphatic rings. The standard InChI is InChI=1S/C14H12ClF2N3O2/c15-10-3-1-8(5-11(10)17)12(21)7-19-14(22)20-13-4-2-9(16)6-18-13/h1-6,12,21H,7H2,(H2,18,19,20,22). The highest BCUT2D eigenvalue weighted by Crippen LogP contribution is 2.19. The van der Waals surface area contributed by atoms with Gasteiger partial charge in [0.1, 0.15) is 17.5 Å². The van der Waals surface area contributed by atoms with E-state index in [1.807, 2.05) is 0 Å². The number of carbonyl (C=O) groups is 1. The van der Waals surface area contributed by atoms with E-state index in [2.05, 4.69) is 15.6 Å². The van der Waals surface area contributed by atoms with Crippen LogP contribution in [0.2, 0.25) is 5.02 Å². The maximum Gasteiger partial charge on any atom is 0.320 e. The summed E-state index contributed by atoms with van der Waals surface area (Å²) in [4.78, 5) is 15.2. The molecule has 0 bridgehead atoms. The molecule has 0 saturated heterocycles. The van der Waals surface area contributed by atoms with Gasteiger partial charge in [-0.15, -0.1) is 0 Å². The molecule has 0 spiro atoms. The lowest BCUT2D eigenvalue weighted by atomic mass is 10.1. The summed E-state index contributed by atoms with van der Waals surface area (Å²) in [6.07, 6.45) is -0.139. The van der Waals surface area contributed by atoms with E-state index in [4.69, 9.17) is 11.6 Å². The fourth-order valence-corrected chi connectivity index (χ4v) is 1.75. The minimum Gasteiger partial charge on any atom is -0.387 e. The number of benzene rings is 1. The van der Waals surface area contributed by atoms with Crippen LogP contribution in [-0.4, -0.2) is 22.7 Å². The average molecular weight is 328 g/mol. The first-order valence-corrected chi connectivity index (χ1v) is 6.63. The van der Waals surface area contributed by atoms with Gasteiger partial charge < -0.3 is 10.4 Å². The highest BCUT2D eigenvalue weighted by Gasteiger charge is 2.12. The average Bonchev–Trinajstić information content (AvgIpc) is 2.50. The van der Waals surface area contributed by atoms with Crippen molar-refractivity contribution >= 4 is 23.4 Å². The summed E-state index contributed by atoms with van der Waals surface area (Å²) in [5, 5.41) is 14.6. The number of urea groups is 1. The molecule has 0 fully saturated rings. The molecule has 1 atom stereocenters. The Morgan fingerprint density at radius 2 is 2.09 bits per heavy atom. The van der Waals surface area contributed by atoms with E-state index >= 15 is 0 Å². The third kappa shape index (κ3) is 4.37. The van der Waals surface area contributed by atoms with E-state index in [0.717, 1.165) is 18.3 Å². The van der Waals surface area contributed by atoms with Crippen LogP contribution < -0.4 is 10.6 Å². The molecule has 116 valence electrons. The molecule has 8 heteroatoms. The summed E-state index contributed by atoms with van der Waals surface area (Å²) < 4.78 is 25.9. The van der Waals surface area contributed by atoms with E-state index in [1.54, 1.807) is 0 Å². The molecule has 5 nitrogen and oxygen atoms in total. The lowest BCUT2D eigenvalue weighted by molar-refractivity contribution is 0.174. The minimum atomic E-state index is -1.10. The quantitative estimate of drug-likeness (QED) is 0.808. The van der Waals surface area contributed by atoms with Gasteiger partial charge in [-0.3, -0.25) is 5.32 Å². The molecule has 1 aromatic heterocycles. The van der Waals surface area contributed by atoms with Crippen LogP contribution in [0.25, 0.3) is 0 Å². The maximum absolute atomic E-state index is 13.3. The van der Waals surface area contributed by atoms with Crippen LogP contribution >= 0.6 is 11.6 Å². The SMILES string of the molecule is O=C(NCC(O)c1ccc(Cl)c(F)c1)Nc1ccc(F)cn1. The molecule has 22 heavy (non-hydrogen) atoms. The van der Waals surface area contributed by atoms with Crippen LogP contribution in [0.4, 0.5) is 19.4 Å². The van der Waals surface area contributed by atoms with Crippen LogP contribution in [0, 0.1) is 11.6 Å². The first kappa shape index (κ1) is 16.1. The van der Waals surface area contributed by atoms with Crippen LogP contribution in [-0.2, 0) is 0 Å². The van der Waals surface area contributed by atoms with Crippen molar-refractivity contribution in [1.82, 2.24) is 10.3 Å². The number of hydrogen-bond donors (Lipinski definition) is 3. The van der Waals surface area contributed by atoms with E-state index in [-0.39, 0.29) is 22.9 Å². The second kappa shape index (κ2) is 7.15. The van der Waals surface area contributed by atoms with Crippen molar-refractivity contribution in [2.45, 2.75) is 6.10 Å². The van der Waals surface area contributed by atoms with Gasteiger partial charge in [0.25, 0.3) is 0 Å².